The minimum absolute atomic E-state index is 0.117. The minimum atomic E-state index is -4.34. The molecule has 0 aromatic heterocycles. The molecule has 0 spiro atoms. The smallest absolute Gasteiger partial charge is 0.416 e. The fourth-order valence-corrected chi connectivity index (χ4v) is 5.45. The lowest BCUT2D eigenvalue weighted by Gasteiger charge is -2.37. The monoisotopic (exact) mass is 522 g/mol. The third-order valence-corrected chi connectivity index (χ3v) is 7.27. The lowest BCUT2D eigenvalue weighted by molar-refractivity contribution is -0.137. The first-order valence-corrected chi connectivity index (χ1v) is 12.6. The number of carboxylic acid groups (broad SMARTS) is 1. The predicted octanol–water partition coefficient (Wildman–Crippen LogP) is 5.88. The van der Waals surface area contributed by atoms with Crippen LogP contribution >= 0.6 is 11.6 Å². The Morgan fingerprint density at radius 1 is 1.11 bits per heavy atom. The molecule has 0 saturated heterocycles. The Bertz CT molecular complexity index is 1130. The number of carboxylic acids is 1. The van der Waals surface area contributed by atoms with Gasteiger partial charge in [0.2, 0.25) is 0 Å². The molecule has 0 radical (unpaired) electrons. The topological polar surface area (TPSA) is 72.8 Å². The highest BCUT2D eigenvalue weighted by atomic mass is 35.5. The summed E-state index contributed by atoms with van der Waals surface area (Å²) in [5, 5.41) is 24.6. The van der Waals surface area contributed by atoms with Gasteiger partial charge in [-0.1, -0.05) is 36.7 Å². The second-order valence-corrected chi connectivity index (χ2v) is 9.89. The number of nitrogens with zero attached hydrogens (tertiary/aromatic N) is 1. The second kappa shape index (κ2) is 10.8. The van der Waals surface area contributed by atoms with Gasteiger partial charge in [-0.2, -0.15) is 13.2 Å². The highest BCUT2D eigenvalue weighted by molar-refractivity contribution is 6.30. The summed E-state index contributed by atoms with van der Waals surface area (Å²) in [5.74, 6) is -1.16. The average Bonchev–Trinajstić information content (AvgIpc) is 3.13. The van der Waals surface area contributed by atoms with Gasteiger partial charge in [0.15, 0.2) is 0 Å². The van der Waals surface area contributed by atoms with Gasteiger partial charge in [0.25, 0.3) is 0 Å². The van der Waals surface area contributed by atoms with Crippen LogP contribution in [-0.2, 0) is 17.4 Å². The zero-order valence-corrected chi connectivity index (χ0v) is 20.7. The summed E-state index contributed by atoms with van der Waals surface area (Å²) < 4.78 is 38.2. The Morgan fingerprint density at radius 2 is 1.83 bits per heavy atom. The van der Waals surface area contributed by atoms with E-state index >= 15 is 0 Å². The van der Waals surface area contributed by atoms with Crippen LogP contribution in [0.5, 0.6) is 0 Å². The first-order valence-electron chi connectivity index (χ1n) is 12.2. The van der Waals surface area contributed by atoms with Crippen LogP contribution in [0.4, 0.5) is 13.2 Å². The van der Waals surface area contributed by atoms with E-state index in [1.165, 1.54) is 12.1 Å². The van der Waals surface area contributed by atoms with Crippen molar-refractivity contribution in [3.05, 3.63) is 81.0 Å². The molecule has 4 rings (SSSR count). The highest BCUT2D eigenvalue weighted by Gasteiger charge is 2.48. The van der Waals surface area contributed by atoms with Crippen LogP contribution in [-0.4, -0.2) is 40.4 Å². The summed E-state index contributed by atoms with van der Waals surface area (Å²) in [4.78, 5) is 13.9. The fourth-order valence-electron chi connectivity index (χ4n) is 5.27. The number of halogens is 4. The first-order chi connectivity index (χ1) is 17.1. The number of aryl methyl sites for hydroxylation is 1. The molecule has 3 atom stereocenters. The van der Waals surface area contributed by atoms with Crippen molar-refractivity contribution >= 4 is 17.6 Å². The van der Waals surface area contributed by atoms with E-state index in [4.69, 9.17) is 11.6 Å². The molecule has 0 bridgehead atoms. The maximum atomic E-state index is 12.7. The van der Waals surface area contributed by atoms with Crippen LogP contribution < -0.4 is 5.32 Å². The molecule has 9 heteroatoms. The zero-order valence-electron chi connectivity index (χ0n) is 20.0. The number of carbonyl (C=O) groups is 1. The number of aliphatic hydroxyl groups excluding tert-OH is 1. The van der Waals surface area contributed by atoms with Crippen LogP contribution in [0.2, 0.25) is 5.02 Å². The van der Waals surface area contributed by atoms with Crippen LogP contribution in [0.15, 0.2) is 53.7 Å². The number of rotatable bonds is 11. The van der Waals surface area contributed by atoms with Crippen molar-refractivity contribution in [2.45, 2.75) is 63.4 Å². The molecule has 2 aromatic carbocycles. The van der Waals surface area contributed by atoms with E-state index < -0.39 is 23.9 Å². The SMILES string of the molecule is CCCN(CCCCc1ccc(C(F)(F)F)cc1)[C@@H](O)CC1=C(C(=O)O)N[C@H]2c3ccc(Cl)cc3C12. The molecule has 0 amide bonds. The van der Waals surface area contributed by atoms with Crippen LogP contribution in [0, 0.1) is 0 Å². The lowest BCUT2D eigenvalue weighted by Crippen LogP contribution is -2.38. The molecule has 1 heterocycles. The maximum Gasteiger partial charge on any atom is 0.416 e. The molecule has 36 heavy (non-hydrogen) atoms. The van der Waals surface area contributed by atoms with E-state index in [2.05, 4.69) is 5.32 Å². The minimum Gasteiger partial charge on any atom is -0.477 e. The molecule has 0 saturated carbocycles. The second-order valence-electron chi connectivity index (χ2n) is 9.45. The standard InChI is InChI=1S/C27H30ClF3N2O3/c1-2-12-33(13-4-3-5-16-6-8-17(9-7-16)27(29,30)31)22(34)15-21-23-20-14-18(28)10-11-19(20)24(23)32-25(21)26(35)36/h6-11,14,22-24,32,34H,2-5,12-13,15H2,1H3,(H,35,36)/t22-,23?,24-/m0/s1. The van der Waals surface area contributed by atoms with Crippen molar-refractivity contribution in [3.63, 3.8) is 0 Å². The van der Waals surface area contributed by atoms with Crippen molar-refractivity contribution in [3.8, 4) is 0 Å². The van der Waals surface area contributed by atoms with Gasteiger partial charge in [0.05, 0.1) is 11.6 Å². The third-order valence-electron chi connectivity index (χ3n) is 7.04. The molecular formula is C27H30ClF3N2O3. The molecule has 2 aromatic rings. The Labute approximate surface area is 213 Å². The average molecular weight is 523 g/mol. The van der Waals surface area contributed by atoms with Crippen LogP contribution in [0.3, 0.4) is 0 Å². The number of aliphatic hydroxyl groups is 1. The summed E-state index contributed by atoms with van der Waals surface area (Å²) in [7, 11) is 0. The molecule has 5 nitrogen and oxygen atoms in total. The van der Waals surface area contributed by atoms with E-state index in [0.29, 0.717) is 30.1 Å². The van der Waals surface area contributed by atoms with E-state index in [0.717, 1.165) is 48.1 Å². The van der Waals surface area contributed by atoms with E-state index in [9.17, 15) is 28.2 Å². The van der Waals surface area contributed by atoms with Crippen molar-refractivity contribution in [1.29, 1.82) is 0 Å². The summed E-state index contributed by atoms with van der Waals surface area (Å²) in [6.07, 6.45) is -1.99. The number of nitrogens with one attached hydrogen (secondary N) is 1. The van der Waals surface area contributed by atoms with Gasteiger partial charge in [-0.25, -0.2) is 4.79 Å². The lowest BCUT2D eigenvalue weighted by atomic mass is 9.70. The van der Waals surface area contributed by atoms with Gasteiger partial charge >= 0.3 is 12.1 Å². The summed E-state index contributed by atoms with van der Waals surface area (Å²) in [6.45, 7) is 3.28. The van der Waals surface area contributed by atoms with E-state index in [-0.39, 0.29) is 24.1 Å². The van der Waals surface area contributed by atoms with Gasteiger partial charge < -0.3 is 15.5 Å². The van der Waals surface area contributed by atoms with E-state index in [1.807, 2.05) is 24.0 Å². The molecule has 194 valence electrons. The van der Waals surface area contributed by atoms with Gasteiger partial charge in [-0.15, -0.1) is 0 Å². The largest absolute Gasteiger partial charge is 0.477 e. The Kier molecular flexibility index (Phi) is 7.97. The Morgan fingerprint density at radius 3 is 2.47 bits per heavy atom. The molecule has 3 N–H and O–H groups in total. The number of hydrogen-bond acceptors (Lipinski definition) is 4. The van der Waals surface area contributed by atoms with Gasteiger partial charge in [-0.05, 0) is 72.2 Å². The summed E-state index contributed by atoms with van der Waals surface area (Å²) in [5.41, 5.74) is 3.04. The van der Waals surface area contributed by atoms with Gasteiger partial charge in [0.1, 0.15) is 11.9 Å². The molecule has 1 aliphatic heterocycles. The fraction of sp³-hybridized carbons (Fsp3) is 0.444. The first kappa shape index (κ1) is 26.5. The van der Waals surface area contributed by atoms with Crippen molar-refractivity contribution < 1.29 is 28.2 Å². The Hall–Kier alpha value is -2.55. The Balaban J connectivity index is 1.36. The molecule has 1 unspecified atom stereocenters. The number of fused-ring (bicyclic) bond motifs is 4. The number of aliphatic carboxylic acids is 1. The number of alkyl halides is 3. The highest BCUT2D eigenvalue weighted by Crippen LogP contribution is 2.55. The number of benzene rings is 2. The normalized spacial score (nSPS) is 19.5. The van der Waals surface area contributed by atoms with Crippen molar-refractivity contribution in [2.24, 2.45) is 0 Å². The van der Waals surface area contributed by atoms with Crippen molar-refractivity contribution in [1.82, 2.24) is 10.2 Å². The van der Waals surface area contributed by atoms with Crippen molar-refractivity contribution in [2.75, 3.05) is 13.1 Å². The number of unbranched alkanes of at least 4 members (excludes halogenated alkanes) is 1. The summed E-state index contributed by atoms with van der Waals surface area (Å²) in [6, 6.07) is 10.7. The molecule has 1 aliphatic carbocycles. The van der Waals surface area contributed by atoms with Crippen LogP contribution in [0.25, 0.3) is 0 Å². The van der Waals surface area contributed by atoms with Gasteiger partial charge in [0, 0.05) is 30.5 Å². The van der Waals surface area contributed by atoms with Gasteiger partial charge in [-0.3, -0.25) is 4.90 Å². The zero-order chi connectivity index (χ0) is 26.0. The molecular weight excluding hydrogens is 493 g/mol. The third kappa shape index (κ3) is 5.56. The summed E-state index contributed by atoms with van der Waals surface area (Å²) >= 11 is 6.17. The van der Waals surface area contributed by atoms with E-state index in [1.54, 1.807) is 6.07 Å². The molecule has 2 aliphatic rings. The quantitative estimate of drug-likeness (QED) is 0.254. The molecule has 0 fully saturated rings. The van der Waals surface area contributed by atoms with Crippen LogP contribution in [0.1, 0.15) is 66.8 Å². The predicted molar refractivity (Wildman–Crippen MR) is 132 cm³/mol. The maximum absolute atomic E-state index is 12.7. The number of hydrogen-bond donors (Lipinski definition) is 3.